The summed E-state index contributed by atoms with van der Waals surface area (Å²) < 4.78 is 0. The van der Waals surface area contributed by atoms with Crippen LogP contribution in [0.25, 0.3) is 0 Å². The molecule has 0 saturated heterocycles. The van der Waals surface area contributed by atoms with Crippen LogP contribution in [0.1, 0.15) is 65.7 Å². The Morgan fingerprint density at radius 2 is 1.88 bits per heavy atom. The van der Waals surface area contributed by atoms with Crippen molar-refractivity contribution in [1.29, 1.82) is 0 Å². The predicted octanol–water partition coefficient (Wildman–Crippen LogP) is 3.96. The van der Waals surface area contributed by atoms with Gasteiger partial charge in [-0.3, -0.25) is 4.79 Å². The molecule has 3 aliphatic rings. The minimum atomic E-state index is 0.0237. The van der Waals surface area contributed by atoms with Crippen molar-refractivity contribution in [1.82, 2.24) is 0 Å². The molecule has 3 saturated carbocycles. The molecule has 0 aromatic carbocycles. The fourth-order valence-electron chi connectivity index (χ4n) is 5.99. The lowest BCUT2D eigenvalue weighted by molar-refractivity contribution is -0.153. The average Bonchev–Trinajstić information content (AvgIpc) is 2.72. The quantitative estimate of drug-likeness (QED) is 0.604. The molecule has 0 heterocycles. The second kappa shape index (κ2) is 2.91. The number of rotatable bonds is 0. The van der Waals surface area contributed by atoms with E-state index in [2.05, 4.69) is 20.8 Å². The van der Waals surface area contributed by atoms with Crippen LogP contribution in [0.3, 0.4) is 0 Å². The van der Waals surface area contributed by atoms with Crippen LogP contribution in [0.4, 0.5) is 0 Å². The molecule has 0 aromatic heterocycles. The molecule has 1 heteroatoms. The zero-order valence-corrected chi connectivity index (χ0v) is 10.9. The molecule has 1 nitrogen and oxygen atoms in total. The van der Waals surface area contributed by atoms with E-state index < -0.39 is 0 Å². The SMILES string of the molecule is C[C@@H]1CC[C@@]2(C)C(=O)CC[C@]3(C)CCC[C@@]132. The van der Waals surface area contributed by atoms with E-state index in [0.29, 0.717) is 16.6 Å². The molecule has 0 bridgehead atoms. The highest BCUT2D eigenvalue weighted by molar-refractivity contribution is 5.87. The van der Waals surface area contributed by atoms with Gasteiger partial charge in [-0.1, -0.05) is 27.2 Å². The summed E-state index contributed by atoms with van der Waals surface area (Å²) in [5.74, 6) is 1.34. The number of ketones is 1. The van der Waals surface area contributed by atoms with Crippen LogP contribution in [0, 0.1) is 22.2 Å². The lowest BCUT2D eigenvalue weighted by Gasteiger charge is -2.56. The maximum atomic E-state index is 12.4. The molecule has 90 valence electrons. The molecule has 1 spiro atoms. The number of carbonyl (C=O) groups is 1. The Balaban J connectivity index is 2.18. The minimum absolute atomic E-state index is 0.0237. The summed E-state index contributed by atoms with van der Waals surface area (Å²) in [6, 6.07) is 0. The van der Waals surface area contributed by atoms with E-state index in [1.807, 2.05) is 0 Å². The highest BCUT2D eigenvalue weighted by Crippen LogP contribution is 2.74. The van der Waals surface area contributed by atoms with Crippen LogP contribution in [0.2, 0.25) is 0 Å². The number of carbonyl (C=O) groups excluding carboxylic acids is 1. The second-order valence-electron chi connectivity index (χ2n) is 7.08. The number of hydrogen-bond donors (Lipinski definition) is 0. The minimum Gasteiger partial charge on any atom is -0.299 e. The molecule has 0 aliphatic heterocycles. The maximum Gasteiger partial charge on any atom is 0.139 e. The molecular weight excluding hydrogens is 196 g/mol. The van der Waals surface area contributed by atoms with Gasteiger partial charge in [-0.25, -0.2) is 0 Å². The highest BCUT2D eigenvalue weighted by atomic mass is 16.1. The molecule has 0 N–H and O–H groups in total. The zero-order chi connectivity index (χ0) is 11.6. The molecule has 16 heavy (non-hydrogen) atoms. The van der Waals surface area contributed by atoms with E-state index in [1.165, 1.54) is 25.7 Å². The molecule has 0 amide bonds. The zero-order valence-electron chi connectivity index (χ0n) is 10.9. The summed E-state index contributed by atoms with van der Waals surface area (Å²) in [6.07, 6.45) is 8.46. The van der Waals surface area contributed by atoms with Gasteiger partial charge < -0.3 is 0 Å². The van der Waals surface area contributed by atoms with Crippen molar-refractivity contribution in [3.8, 4) is 0 Å². The average molecular weight is 220 g/mol. The lowest BCUT2D eigenvalue weighted by atomic mass is 9.46. The lowest BCUT2D eigenvalue weighted by Crippen LogP contribution is -2.55. The van der Waals surface area contributed by atoms with Crippen molar-refractivity contribution >= 4 is 5.78 Å². The van der Waals surface area contributed by atoms with Gasteiger partial charge in [-0.2, -0.15) is 0 Å². The molecule has 0 radical (unpaired) electrons. The van der Waals surface area contributed by atoms with Crippen molar-refractivity contribution in [3.05, 3.63) is 0 Å². The summed E-state index contributed by atoms with van der Waals surface area (Å²) >= 11 is 0. The van der Waals surface area contributed by atoms with E-state index in [1.54, 1.807) is 0 Å². The fraction of sp³-hybridized carbons (Fsp3) is 0.933. The molecule has 0 aromatic rings. The van der Waals surface area contributed by atoms with E-state index in [9.17, 15) is 4.79 Å². The van der Waals surface area contributed by atoms with Crippen molar-refractivity contribution in [2.75, 3.05) is 0 Å². The molecule has 0 unspecified atom stereocenters. The van der Waals surface area contributed by atoms with E-state index in [4.69, 9.17) is 0 Å². The van der Waals surface area contributed by atoms with Gasteiger partial charge in [0.25, 0.3) is 0 Å². The summed E-state index contributed by atoms with van der Waals surface area (Å²) in [7, 11) is 0. The first kappa shape index (κ1) is 10.8. The standard InChI is InChI=1S/C15H24O/c1-11-5-10-14(3)12(16)6-9-13(2)7-4-8-15(11,13)14/h11H,4-10H2,1-3H3/t11-,13+,14+,15-/m1/s1. The summed E-state index contributed by atoms with van der Waals surface area (Å²) in [6.45, 7) is 7.18. The summed E-state index contributed by atoms with van der Waals surface area (Å²) in [5, 5.41) is 0. The fourth-order valence-corrected chi connectivity index (χ4v) is 5.99. The van der Waals surface area contributed by atoms with Gasteiger partial charge in [0.15, 0.2) is 0 Å². The Kier molecular flexibility index (Phi) is 1.97. The van der Waals surface area contributed by atoms with E-state index in [-0.39, 0.29) is 5.41 Å². The molecule has 3 aliphatic carbocycles. The Hall–Kier alpha value is -0.330. The van der Waals surface area contributed by atoms with Crippen LogP contribution >= 0.6 is 0 Å². The smallest absolute Gasteiger partial charge is 0.139 e. The van der Waals surface area contributed by atoms with Crippen molar-refractivity contribution < 1.29 is 4.79 Å². The third kappa shape index (κ3) is 0.889. The van der Waals surface area contributed by atoms with Gasteiger partial charge in [0.1, 0.15) is 5.78 Å². The first-order valence-corrected chi connectivity index (χ1v) is 7.00. The molecule has 3 rings (SSSR count). The van der Waals surface area contributed by atoms with E-state index >= 15 is 0 Å². The van der Waals surface area contributed by atoms with E-state index in [0.717, 1.165) is 25.2 Å². The van der Waals surface area contributed by atoms with Gasteiger partial charge in [-0.05, 0) is 48.9 Å². The first-order valence-electron chi connectivity index (χ1n) is 7.00. The van der Waals surface area contributed by atoms with Gasteiger partial charge in [-0.15, -0.1) is 0 Å². The van der Waals surface area contributed by atoms with Gasteiger partial charge >= 0.3 is 0 Å². The van der Waals surface area contributed by atoms with Crippen LogP contribution < -0.4 is 0 Å². The first-order chi connectivity index (χ1) is 7.46. The summed E-state index contributed by atoms with van der Waals surface area (Å²) in [5.41, 5.74) is 0.844. The van der Waals surface area contributed by atoms with Crippen LogP contribution in [0.5, 0.6) is 0 Å². The Morgan fingerprint density at radius 3 is 2.62 bits per heavy atom. The normalized spacial score (nSPS) is 56.2. The molecule has 3 fully saturated rings. The largest absolute Gasteiger partial charge is 0.299 e. The molecular formula is C15H24O. The van der Waals surface area contributed by atoms with Crippen LogP contribution in [0.15, 0.2) is 0 Å². The number of Topliss-reactive ketones (excluding diaryl/α,β-unsaturated/α-hetero) is 1. The second-order valence-corrected chi connectivity index (χ2v) is 7.08. The van der Waals surface area contributed by atoms with Gasteiger partial charge in [0, 0.05) is 11.8 Å². The van der Waals surface area contributed by atoms with Crippen molar-refractivity contribution in [3.63, 3.8) is 0 Å². The monoisotopic (exact) mass is 220 g/mol. The topological polar surface area (TPSA) is 17.1 Å². The van der Waals surface area contributed by atoms with Crippen molar-refractivity contribution in [2.45, 2.75) is 65.7 Å². The third-order valence-electron chi connectivity index (χ3n) is 6.80. The Morgan fingerprint density at radius 1 is 1.12 bits per heavy atom. The summed E-state index contributed by atoms with van der Waals surface area (Å²) in [4.78, 5) is 12.4. The molecule has 4 atom stereocenters. The maximum absolute atomic E-state index is 12.4. The van der Waals surface area contributed by atoms with Gasteiger partial charge in [0.2, 0.25) is 0 Å². The van der Waals surface area contributed by atoms with Crippen LogP contribution in [-0.2, 0) is 4.79 Å². The predicted molar refractivity (Wildman–Crippen MR) is 65.1 cm³/mol. The highest BCUT2D eigenvalue weighted by Gasteiger charge is 2.69. The van der Waals surface area contributed by atoms with Crippen molar-refractivity contribution in [2.24, 2.45) is 22.2 Å². The third-order valence-corrected chi connectivity index (χ3v) is 6.80. The Bertz CT molecular complexity index is 347. The van der Waals surface area contributed by atoms with Crippen LogP contribution in [-0.4, -0.2) is 5.78 Å². The number of hydrogen-bond acceptors (Lipinski definition) is 1. The Labute approximate surface area is 99.0 Å². The van der Waals surface area contributed by atoms with Gasteiger partial charge in [0.05, 0.1) is 0 Å².